The first kappa shape index (κ1) is 9.83. The van der Waals surface area contributed by atoms with Gasteiger partial charge in [0.25, 0.3) is 0 Å². The number of phenolic OH excluding ortho intramolecular Hbond substituents is 1. The zero-order valence-corrected chi connectivity index (χ0v) is 6.67. The van der Waals surface area contributed by atoms with Crippen LogP contribution in [0, 0.1) is 23.3 Å². The second-order valence-electron chi connectivity index (χ2n) is 2.44. The minimum atomic E-state index is -1.99. The predicted molar refractivity (Wildman–Crippen MR) is 37.3 cm³/mol. The maximum Gasteiger partial charge on any atom is 0.203 e. The third-order valence-corrected chi connectivity index (χ3v) is 1.69. The van der Waals surface area contributed by atoms with Crippen molar-refractivity contribution in [2.24, 2.45) is 0 Å². The molecule has 0 amide bonds. The van der Waals surface area contributed by atoms with Gasteiger partial charge in [-0.25, -0.2) is 13.2 Å². The van der Waals surface area contributed by atoms with Gasteiger partial charge < -0.3 is 5.11 Å². The Bertz CT molecular complexity index is 319. The van der Waals surface area contributed by atoms with Gasteiger partial charge in [0.15, 0.2) is 17.4 Å². The summed E-state index contributed by atoms with van der Waals surface area (Å²) in [5.74, 6) is -8.35. The number of phenols is 1. The molecule has 0 bridgehead atoms. The lowest BCUT2D eigenvalue weighted by Gasteiger charge is -2.06. The fourth-order valence-electron chi connectivity index (χ4n) is 0.988. The average molecular weight is 194 g/mol. The molecule has 0 spiro atoms. The molecule has 0 aliphatic rings. The summed E-state index contributed by atoms with van der Waals surface area (Å²) in [5, 5.41) is 8.86. The van der Waals surface area contributed by atoms with Gasteiger partial charge in [-0.1, -0.05) is 6.92 Å². The summed E-state index contributed by atoms with van der Waals surface area (Å²) in [7, 11) is 0. The molecule has 72 valence electrons. The van der Waals surface area contributed by atoms with E-state index in [2.05, 4.69) is 0 Å². The molecule has 1 N–H and O–H groups in total. The first-order valence-electron chi connectivity index (χ1n) is 3.54. The minimum Gasteiger partial charge on any atom is -0.504 e. The second kappa shape index (κ2) is 3.24. The van der Waals surface area contributed by atoms with Crippen LogP contribution in [0.5, 0.6) is 5.75 Å². The molecule has 5 heteroatoms. The van der Waals surface area contributed by atoms with Gasteiger partial charge in [-0.2, -0.15) is 4.39 Å². The van der Waals surface area contributed by atoms with Crippen LogP contribution < -0.4 is 0 Å². The van der Waals surface area contributed by atoms with Gasteiger partial charge in [0.1, 0.15) is 0 Å². The van der Waals surface area contributed by atoms with E-state index in [1.807, 2.05) is 0 Å². The van der Waals surface area contributed by atoms with Crippen LogP contribution in [0.2, 0.25) is 0 Å². The number of aromatic hydroxyl groups is 1. The molecule has 0 atom stereocenters. The standard InChI is InChI=1S/C8H6F4O/c1-2-3-4(9)5(10)6(11)7(12)8(3)13/h13H,2H2,1H3. The van der Waals surface area contributed by atoms with E-state index in [1.165, 1.54) is 6.92 Å². The van der Waals surface area contributed by atoms with Gasteiger partial charge >= 0.3 is 0 Å². The van der Waals surface area contributed by atoms with E-state index in [0.29, 0.717) is 0 Å². The molecule has 0 unspecified atom stereocenters. The Hall–Kier alpha value is -1.26. The third-order valence-electron chi connectivity index (χ3n) is 1.69. The first-order chi connectivity index (χ1) is 6.00. The molecule has 1 aromatic rings. The molecule has 0 fully saturated rings. The highest BCUT2D eigenvalue weighted by atomic mass is 19.2. The van der Waals surface area contributed by atoms with Crippen LogP contribution in [0.3, 0.4) is 0 Å². The van der Waals surface area contributed by atoms with Crippen LogP contribution in [0.4, 0.5) is 17.6 Å². The number of rotatable bonds is 1. The van der Waals surface area contributed by atoms with Crippen molar-refractivity contribution in [3.8, 4) is 5.75 Å². The molecular formula is C8H6F4O. The number of halogens is 4. The smallest absolute Gasteiger partial charge is 0.203 e. The molecule has 1 rings (SSSR count). The average Bonchev–Trinajstić information content (AvgIpc) is 2.13. The Kier molecular flexibility index (Phi) is 2.45. The SMILES string of the molecule is CCc1c(O)c(F)c(F)c(F)c1F. The molecule has 1 aromatic carbocycles. The van der Waals surface area contributed by atoms with Gasteiger partial charge in [-0.05, 0) is 6.42 Å². The summed E-state index contributed by atoms with van der Waals surface area (Å²) in [6, 6.07) is 0. The van der Waals surface area contributed by atoms with Crippen LogP contribution in [0.15, 0.2) is 0 Å². The second-order valence-corrected chi connectivity index (χ2v) is 2.44. The summed E-state index contributed by atoms with van der Waals surface area (Å²) in [6.07, 6.45) is -0.119. The van der Waals surface area contributed by atoms with Gasteiger partial charge in [0.2, 0.25) is 11.6 Å². The molecule has 13 heavy (non-hydrogen) atoms. The lowest BCUT2D eigenvalue weighted by Crippen LogP contribution is -2.01. The summed E-state index contributed by atoms with van der Waals surface area (Å²) >= 11 is 0. The largest absolute Gasteiger partial charge is 0.504 e. The molecule has 0 heterocycles. The van der Waals surface area contributed by atoms with Crippen LogP contribution in [-0.2, 0) is 6.42 Å². The topological polar surface area (TPSA) is 20.2 Å². The molecule has 0 saturated carbocycles. The number of benzene rings is 1. The number of hydrogen-bond acceptors (Lipinski definition) is 1. The van der Waals surface area contributed by atoms with E-state index in [4.69, 9.17) is 5.11 Å². The fourth-order valence-corrected chi connectivity index (χ4v) is 0.988. The van der Waals surface area contributed by atoms with E-state index in [-0.39, 0.29) is 6.42 Å². The van der Waals surface area contributed by atoms with Gasteiger partial charge in [0.05, 0.1) is 0 Å². The zero-order chi connectivity index (χ0) is 10.2. The maximum atomic E-state index is 12.8. The first-order valence-corrected chi connectivity index (χ1v) is 3.54. The summed E-state index contributed by atoms with van der Waals surface area (Å²) in [6.45, 7) is 1.38. The highest BCUT2D eigenvalue weighted by Crippen LogP contribution is 2.29. The Morgan fingerprint density at radius 3 is 1.85 bits per heavy atom. The summed E-state index contributed by atoms with van der Waals surface area (Å²) in [4.78, 5) is 0. The number of hydrogen-bond donors (Lipinski definition) is 1. The molecular weight excluding hydrogens is 188 g/mol. The molecule has 1 nitrogen and oxygen atoms in total. The van der Waals surface area contributed by atoms with E-state index in [1.54, 1.807) is 0 Å². The van der Waals surface area contributed by atoms with Crippen molar-refractivity contribution in [2.45, 2.75) is 13.3 Å². The van der Waals surface area contributed by atoms with Crippen molar-refractivity contribution in [3.63, 3.8) is 0 Å². The summed E-state index contributed by atoms with van der Waals surface area (Å²) < 4.78 is 50.3. The Morgan fingerprint density at radius 2 is 1.38 bits per heavy atom. The quantitative estimate of drug-likeness (QED) is 0.413. The molecule has 0 radical (unpaired) electrons. The van der Waals surface area contributed by atoms with Crippen LogP contribution in [0.1, 0.15) is 12.5 Å². The molecule has 0 aromatic heterocycles. The Morgan fingerprint density at radius 1 is 0.923 bits per heavy atom. The van der Waals surface area contributed by atoms with Crippen LogP contribution in [-0.4, -0.2) is 5.11 Å². The lowest BCUT2D eigenvalue weighted by molar-refractivity contribution is 0.358. The Labute approximate surface area is 71.6 Å². The van der Waals surface area contributed by atoms with E-state index < -0.39 is 34.6 Å². The minimum absolute atomic E-state index is 0.119. The van der Waals surface area contributed by atoms with Gasteiger partial charge in [-0.3, -0.25) is 0 Å². The third kappa shape index (κ3) is 1.34. The van der Waals surface area contributed by atoms with Gasteiger partial charge in [-0.15, -0.1) is 0 Å². The van der Waals surface area contributed by atoms with E-state index in [9.17, 15) is 17.6 Å². The molecule has 0 aliphatic heterocycles. The van der Waals surface area contributed by atoms with Crippen molar-refractivity contribution < 1.29 is 22.7 Å². The van der Waals surface area contributed by atoms with Crippen molar-refractivity contribution in [1.82, 2.24) is 0 Å². The van der Waals surface area contributed by atoms with E-state index in [0.717, 1.165) is 0 Å². The monoisotopic (exact) mass is 194 g/mol. The van der Waals surface area contributed by atoms with Crippen LogP contribution >= 0.6 is 0 Å². The fraction of sp³-hybridized carbons (Fsp3) is 0.250. The Balaban J connectivity index is 3.56. The molecule has 0 aliphatic carbocycles. The highest BCUT2D eigenvalue weighted by Gasteiger charge is 2.23. The van der Waals surface area contributed by atoms with Crippen molar-refractivity contribution in [3.05, 3.63) is 28.8 Å². The maximum absolute atomic E-state index is 12.8. The van der Waals surface area contributed by atoms with Crippen LogP contribution in [0.25, 0.3) is 0 Å². The van der Waals surface area contributed by atoms with Crippen molar-refractivity contribution in [2.75, 3.05) is 0 Å². The van der Waals surface area contributed by atoms with Gasteiger partial charge in [0, 0.05) is 5.56 Å². The summed E-state index contributed by atoms with van der Waals surface area (Å²) in [5.41, 5.74) is -0.559. The zero-order valence-electron chi connectivity index (χ0n) is 6.67. The lowest BCUT2D eigenvalue weighted by atomic mass is 10.1. The predicted octanol–water partition coefficient (Wildman–Crippen LogP) is 2.51. The normalized spacial score (nSPS) is 10.5. The van der Waals surface area contributed by atoms with Crippen molar-refractivity contribution >= 4 is 0 Å². The highest BCUT2D eigenvalue weighted by molar-refractivity contribution is 5.36. The molecule has 0 saturated heterocycles. The van der Waals surface area contributed by atoms with E-state index >= 15 is 0 Å². The van der Waals surface area contributed by atoms with Crippen molar-refractivity contribution in [1.29, 1.82) is 0 Å².